The number of primary amides is 1. The second-order valence-electron chi connectivity index (χ2n) is 4.12. The molecule has 1 aromatic carbocycles. The maximum absolute atomic E-state index is 12.9. The number of thioether (sulfide) groups is 2. The molecule has 0 aliphatic rings. The summed E-state index contributed by atoms with van der Waals surface area (Å²) in [6.45, 7) is 0. The number of aromatic nitrogens is 2. The first kappa shape index (κ1) is 17.1. The maximum atomic E-state index is 12.9. The molecular weight excluding hydrogens is 339 g/mol. The van der Waals surface area contributed by atoms with Crippen molar-refractivity contribution < 1.29 is 13.9 Å². The van der Waals surface area contributed by atoms with Gasteiger partial charge in [0.15, 0.2) is 5.16 Å². The van der Waals surface area contributed by atoms with Crippen LogP contribution in [0, 0.1) is 17.1 Å². The fraction of sp³-hybridized carbons (Fsp3) is 0.143. The number of amides is 1. The second kappa shape index (κ2) is 7.80. The average Bonchev–Trinajstić information content (AvgIpc) is 2.54. The van der Waals surface area contributed by atoms with Crippen LogP contribution in [0.2, 0.25) is 0 Å². The third-order valence-corrected chi connectivity index (χ3v) is 4.04. The summed E-state index contributed by atoms with van der Waals surface area (Å²) in [4.78, 5) is 19.3. The molecule has 0 atom stereocenters. The van der Waals surface area contributed by atoms with Gasteiger partial charge in [0.2, 0.25) is 11.8 Å². The Hall–Kier alpha value is -2.31. The highest BCUT2D eigenvalue weighted by molar-refractivity contribution is 8.00. The Morgan fingerprint density at radius 2 is 2.09 bits per heavy atom. The van der Waals surface area contributed by atoms with Crippen molar-refractivity contribution in [2.75, 3.05) is 12.0 Å². The minimum Gasteiger partial charge on any atom is -0.437 e. The SMILES string of the molecule is CSc1nc(Oc2ccc(F)cc2)c(C#N)c(SCC(N)=O)n1. The predicted molar refractivity (Wildman–Crippen MR) is 84.9 cm³/mol. The summed E-state index contributed by atoms with van der Waals surface area (Å²) in [6.07, 6.45) is 1.77. The molecule has 1 aromatic heterocycles. The molecular formula is C14H11FN4O2S2. The van der Waals surface area contributed by atoms with Crippen LogP contribution in [0.5, 0.6) is 11.6 Å². The van der Waals surface area contributed by atoms with E-state index in [-0.39, 0.29) is 17.2 Å². The normalized spacial score (nSPS) is 10.1. The van der Waals surface area contributed by atoms with Crippen LogP contribution >= 0.6 is 23.5 Å². The molecule has 2 N–H and O–H groups in total. The Labute approximate surface area is 140 Å². The lowest BCUT2D eigenvalue weighted by molar-refractivity contribution is -0.115. The summed E-state index contributed by atoms with van der Waals surface area (Å²) in [5.74, 6) is -0.563. The number of carbonyl (C=O) groups excluding carboxylic acids is 1. The molecule has 2 rings (SSSR count). The van der Waals surface area contributed by atoms with Crippen molar-refractivity contribution in [1.82, 2.24) is 9.97 Å². The summed E-state index contributed by atoms with van der Waals surface area (Å²) in [5.41, 5.74) is 5.22. The number of carbonyl (C=O) groups is 1. The maximum Gasteiger partial charge on any atom is 0.242 e. The van der Waals surface area contributed by atoms with E-state index in [0.717, 1.165) is 11.8 Å². The van der Waals surface area contributed by atoms with Crippen molar-refractivity contribution in [3.63, 3.8) is 0 Å². The number of halogens is 1. The van der Waals surface area contributed by atoms with Gasteiger partial charge in [-0.2, -0.15) is 10.2 Å². The van der Waals surface area contributed by atoms with E-state index in [4.69, 9.17) is 10.5 Å². The van der Waals surface area contributed by atoms with Gasteiger partial charge in [-0.1, -0.05) is 23.5 Å². The summed E-state index contributed by atoms with van der Waals surface area (Å²) < 4.78 is 18.5. The Bertz CT molecular complexity index is 763. The number of hydrogen-bond acceptors (Lipinski definition) is 7. The Morgan fingerprint density at radius 3 is 2.65 bits per heavy atom. The number of benzene rings is 1. The van der Waals surface area contributed by atoms with E-state index < -0.39 is 11.7 Å². The summed E-state index contributed by atoms with van der Waals surface area (Å²) >= 11 is 2.30. The molecule has 0 radical (unpaired) electrons. The van der Waals surface area contributed by atoms with Crippen LogP contribution in [-0.4, -0.2) is 27.9 Å². The molecule has 6 nitrogen and oxygen atoms in total. The van der Waals surface area contributed by atoms with Gasteiger partial charge >= 0.3 is 0 Å². The van der Waals surface area contributed by atoms with Crippen molar-refractivity contribution >= 4 is 29.4 Å². The van der Waals surface area contributed by atoms with E-state index in [1.54, 1.807) is 6.26 Å². The van der Waals surface area contributed by atoms with E-state index in [0.29, 0.717) is 15.9 Å². The summed E-state index contributed by atoms with van der Waals surface area (Å²) in [7, 11) is 0. The van der Waals surface area contributed by atoms with Crippen molar-refractivity contribution in [1.29, 1.82) is 5.26 Å². The highest BCUT2D eigenvalue weighted by atomic mass is 32.2. The number of nitrogens with two attached hydrogens (primary N) is 1. The quantitative estimate of drug-likeness (QED) is 0.485. The van der Waals surface area contributed by atoms with Crippen LogP contribution in [0.1, 0.15) is 5.56 Å². The fourth-order valence-corrected chi connectivity index (χ4v) is 2.64. The van der Waals surface area contributed by atoms with E-state index in [2.05, 4.69) is 9.97 Å². The van der Waals surface area contributed by atoms with Gasteiger partial charge in [0, 0.05) is 0 Å². The van der Waals surface area contributed by atoms with Crippen LogP contribution in [0.4, 0.5) is 4.39 Å². The van der Waals surface area contributed by atoms with Gasteiger partial charge < -0.3 is 10.5 Å². The molecule has 0 aliphatic heterocycles. The number of rotatable bonds is 6. The number of hydrogen-bond donors (Lipinski definition) is 1. The molecule has 0 saturated carbocycles. The van der Waals surface area contributed by atoms with E-state index in [1.807, 2.05) is 6.07 Å². The molecule has 0 unspecified atom stereocenters. The van der Waals surface area contributed by atoms with Crippen molar-refractivity contribution in [2.24, 2.45) is 5.73 Å². The second-order valence-corrected chi connectivity index (χ2v) is 5.86. The number of nitriles is 1. The van der Waals surface area contributed by atoms with Crippen molar-refractivity contribution in [2.45, 2.75) is 10.2 Å². The van der Waals surface area contributed by atoms with Crippen LogP contribution in [0.25, 0.3) is 0 Å². The molecule has 118 valence electrons. The molecule has 0 fully saturated rings. The van der Waals surface area contributed by atoms with Gasteiger partial charge in [0.05, 0.1) is 5.75 Å². The third-order valence-electron chi connectivity index (χ3n) is 2.50. The van der Waals surface area contributed by atoms with Gasteiger partial charge in [-0.3, -0.25) is 4.79 Å². The minimum absolute atomic E-state index is 0.0184. The summed E-state index contributed by atoms with van der Waals surface area (Å²) in [5, 5.41) is 10.0. The molecule has 23 heavy (non-hydrogen) atoms. The Kier molecular flexibility index (Phi) is 5.78. The van der Waals surface area contributed by atoms with Crippen LogP contribution in [0.3, 0.4) is 0 Å². The minimum atomic E-state index is -0.524. The Morgan fingerprint density at radius 1 is 1.39 bits per heavy atom. The van der Waals surface area contributed by atoms with Crippen molar-refractivity contribution in [3.8, 4) is 17.7 Å². The Balaban J connectivity index is 2.40. The standard InChI is InChI=1S/C14H11FN4O2S2/c1-22-14-18-12(21-9-4-2-8(15)3-5-9)10(6-16)13(19-14)23-7-11(17)20/h2-5H,7H2,1H3,(H2,17,20). The van der Waals surface area contributed by atoms with Crippen LogP contribution < -0.4 is 10.5 Å². The van der Waals surface area contributed by atoms with E-state index >= 15 is 0 Å². The molecule has 0 aliphatic carbocycles. The molecule has 0 saturated heterocycles. The van der Waals surface area contributed by atoms with E-state index in [1.165, 1.54) is 36.0 Å². The van der Waals surface area contributed by atoms with E-state index in [9.17, 15) is 14.4 Å². The zero-order valence-electron chi connectivity index (χ0n) is 11.9. The number of ether oxygens (including phenoxy) is 1. The molecule has 2 aromatic rings. The monoisotopic (exact) mass is 350 g/mol. The van der Waals surface area contributed by atoms with Gasteiger partial charge in [0.25, 0.3) is 0 Å². The lowest BCUT2D eigenvalue weighted by atomic mass is 10.3. The first-order valence-corrected chi connectivity index (χ1v) is 8.45. The van der Waals surface area contributed by atoms with Gasteiger partial charge in [0.1, 0.15) is 28.2 Å². The fourth-order valence-electron chi connectivity index (χ4n) is 1.52. The first-order valence-electron chi connectivity index (χ1n) is 6.24. The number of nitrogens with zero attached hydrogens (tertiary/aromatic N) is 3. The zero-order chi connectivity index (χ0) is 16.8. The first-order chi connectivity index (χ1) is 11.0. The predicted octanol–water partition coefficient (Wildman–Crippen LogP) is 2.58. The molecule has 9 heteroatoms. The lowest BCUT2D eigenvalue weighted by Crippen LogP contribution is -2.13. The lowest BCUT2D eigenvalue weighted by Gasteiger charge is -2.10. The molecule has 0 bridgehead atoms. The average molecular weight is 350 g/mol. The van der Waals surface area contributed by atoms with Gasteiger partial charge in [-0.15, -0.1) is 0 Å². The van der Waals surface area contributed by atoms with Crippen LogP contribution in [0.15, 0.2) is 34.4 Å². The van der Waals surface area contributed by atoms with Crippen LogP contribution in [-0.2, 0) is 4.79 Å². The van der Waals surface area contributed by atoms with Gasteiger partial charge in [-0.25, -0.2) is 9.37 Å². The molecule has 1 heterocycles. The molecule has 0 spiro atoms. The third kappa shape index (κ3) is 4.58. The largest absolute Gasteiger partial charge is 0.437 e. The summed E-state index contributed by atoms with van der Waals surface area (Å²) in [6, 6.07) is 7.29. The molecule has 1 amide bonds. The topological polar surface area (TPSA) is 102 Å². The van der Waals surface area contributed by atoms with Crippen molar-refractivity contribution in [3.05, 3.63) is 35.6 Å². The van der Waals surface area contributed by atoms with Gasteiger partial charge in [-0.05, 0) is 30.5 Å². The zero-order valence-corrected chi connectivity index (χ0v) is 13.6. The smallest absolute Gasteiger partial charge is 0.242 e. The highest BCUT2D eigenvalue weighted by Gasteiger charge is 2.17. The highest BCUT2D eigenvalue weighted by Crippen LogP contribution is 2.31.